The highest BCUT2D eigenvalue weighted by Crippen LogP contribution is 2.45. The first-order valence-electron chi connectivity index (χ1n) is 16.0. The number of ether oxygens (including phenoxy) is 3. The highest BCUT2D eigenvalue weighted by molar-refractivity contribution is 5.88. The third-order valence-corrected chi connectivity index (χ3v) is 9.64. The molecule has 0 saturated carbocycles. The van der Waals surface area contributed by atoms with E-state index >= 15 is 0 Å². The number of carbonyl (C=O) groups excluding carboxylic acids is 1. The lowest BCUT2D eigenvalue weighted by Gasteiger charge is -2.34. The quantitative estimate of drug-likeness (QED) is 0.334. The van der Waals surface area contributed by atoms with Crippen molar-refractivity contribution < 1.29 is 23.4 Å². The Morgan fingerprint density at radius 3 is 2.80 bits per heavy atom. The second-order valence-electron chi connectivity index (χ2n) is 12.4. The molecule has 3 heterocycles. The molecule has 8 heteroatoms. The minimum atomic E-state index is -0.365. The summed E-state index contributed by atoms with van der Waals surface area (Å²) in [4.78, 5) is 16.0. The van der Waals surface area contributed by atoms with Crippen molar-refractivity contribution in [1.82, 2.24) is 14.9 Å². The van der Waals surface area contributed by atoms with Crippen molar-refractivity contribution in [3.8, 4) is 5.75 Å². The lowest BCUT2D eigenvalue weighted by atomic mass is 9.88. The Balaban J connectivity index is 1.36. The number of benzene rings is 2. The average molecular weight is 602 g/mol. The number of hydrogen-bond donors (Lipinski definition) is 0. The maximum absolute atomic E-state index is 13.8. The fourth-order valence-electron chi connectivity index (χ4n) is 7.09. The number of rotatable bonds is 6. The van der Waals surface area contributed by atoms with Crippen LogP contribution >= 0.6 is 0 Å². The molecule has 0 N–H and O–H groups in total. The number of fused-ring (bicyclic) bond motifs is 2. The van der Waals surface area contributed by atoms with Gasteiger partial charge in [0.05, 0.1) is 37.3 Å². The van der Waals surface area contributed by atoms with Gasteiger partial charge in [-0.25, -0.2) is 14.2 Å². The van der Waals surface area contributed by atoms with Crippen LogP contribution in [0.15, 0.2) is 82.1 Å². The number of hydrogen-bond acceptors (Lipinski definition) is 6. The predicted octanol–water partition coefficient (Wildman–Crippen LogP) is 8.07. The molecule has 0 spiro atoms. The molecule has 4 aliphatic rings. The van der Waals surface area contributed by atoms with E-state index in [0.717, 1.165) is 66.6 Å². The minimum absolute atomic E-state index is 0.106. The standard InChI is InChI=1S/C36H44FN3O4/c1-6-42-36(41)39-21-32-31-11-7-9-27-15-17-38(35(27)31)20-23(2)25(4)26(5)44-22-33(32)40(39)24(3)16-18-43-34-12-8-10-28-19-29(37)13-14-30(28)34/h8,10,12-14,19,22-24H,6-7,9,11,15-18,20-21H2,1-5H3/b26-25-,32-31?,33-22?. The van der Waals surface area contributed by atoms with Gasteiger partial charge in [-0.3, -0.25) is 5.01 Å². The summed E-state index contributed by atoms with van der Waals surface area (Å²) in [5, 5.41) is 5.47. The van der Waals surface area contributed by atoms with E-state index in [1.165, 1.54) is 29.0 Å². The fraction of sp³-hybridized carbons (Fsp3) is 0.472. The van der Waals surface area contributed by atoms with Crippen LogP contribution in [0.25, 0.3) is 10.8 Å². The zero-order valence-corrected chi connectivity index (χ0v) is 26.6. The van der Waals surface area contributed by atoms with E-state index in [2.05, 4.69) is 30.7 Å². The van der Waals surface area contributed by atoms with Crippen molar-refractivity contribution >= 4 is 16.9 Å². The minimum Gasteiger partial charge on any atom is -0.493 e. The van der Waals surface area contributed by atoms with Crippen molar-refractivity contribution in [3.05, 3.63) is 87.9 Å². The van der Waals surface area contributed by atoms with Crippen LogP contribution in [-0.4, -0.2) is 59.9 Å². The van der Waals surface area contributed by atoms with Gasteiger partial charge in [-0.05, 0) is 106 Å². The summed E-state index contributed by atoms with van der Waals surface area (Å²) < 4.78 is 32.1. The van der Waals surface area contributed by atoms with Crippen LogP contribution in [0.1, 0.15) is 66.7 Å². The van der Waals surface area contributed by atoms with Crippen LogP contribution in [0.5, 0.6) is 5.75 Å². The fourth-order valence-corrected chi connectivity index (χ4v) is 7.09. The van der Waals surface area contributed by atoms with Gasteiger partial charge in [0.25, 0.3) is 0 Å². The molecule has 0 aromatic heterocycles. The zero-order chi connectivity index (χ0) is 31.0. The molecule has 1 aliphatic carbocycles. The van der Waals surface area contributed by atoms with Crippen LogP contribution in [-0.2, 0) is 9.47 Å². The topological polar surface area (TPSA) is 54.5 Å². The predicted molar refractivity (Wildman–Crippen MR) is 170 cm³/mol. The summed E-state index contributed by atoms with van der Waals surface area (Å²) in [6.45, 7) is 13.6. The Kier molecular flexibility index (Phi) is 8.61. The Labute approximate surface area is 260 Å². The molecule has 0 radical (unpaired) electrons. The maximum atomic E-state index is 13.8. The van der Waals surface area contributed by atoms with Gasteiger partial charge >= 0.3 is 6.09 Å². The van der Waals surface area contributed by atoms with Crippen molar-refractivity contribution in [1.29, 1.82) is 0 Å². The van der Waals surface area contributed by atoms with Crippen molar-refractivity contribution in [2.24, 2.45) is 5.92 Å². The monoisotopic (exact) mass is 601 g/mol. The summed E-state index contributed by atoms with van der Waals surface area (Å²) in [6, 6.07) is 10.3. The number of amides is 1. The van der Waals surface area contributed by atoms with Gasteiger partial charge in [0.15, 0.2) is 0 Å². The van der Waals surface area contributed by atoms with Crippen LogP contribution in [0.4, 0.5) is 9.18 Å². The molecule has 6 rings (SSSR count). The molecule has 1 saturated heterocycles. The van der Waals surface area contributed by atoms with Gasteiger partial charge in [0.2, 0.25) is 0 Å². The molecule has 44 heavy (non-hydrogen) atoms. The average Bonchev–Trinajstić information content (AvgIpc) is 3.60. The molecular weight excluding hydrogens is 557 g/mol. The Morgan fingerprint density at radius 2 is 1.98 bits per heavy atom. The lowest BCUT2D eigenvalue weighted by molar-refractivity contribution is 0.00125. The van der Waals surface area contributed by atoms with E-state index in [0.29, 0.717) is 37.8 Å². The first-order chi connectivity index (χ1) is 21.3. The van der Waals surface area contributed by atoms with E-state index in [1.807, 2.05) is 38.3 Å². The number of carbonyl (C=O) groups is 1. The van der Waals surface area contributed by atoms with E-state index < -0.39 is 0 Å². The highest BCUT2D eigenvalue weighted by Gasteiger charge is 2.42. The van der Waals surface area contributed by atoms with Crippen LogP contribution in [0.3, 0.4) is 0 Å². The summed E-state index contributed by atoms with van der Waals surface area (Å²) >= 11 is 0. The maximum Gasteiger partial charge on any atom is 0.429 e. The first kappa shape index (κ1) is 30.1. The molecule has 234 valence electrons. The SMILES string of the molecule is CCOC(=O)N1CC2=C3CCCC4=C3N(CC4)CC(C)/C(C)=C(/C)OC=C2N1C(C)CCOc1cccc2cc(F)ccc12. The van der Waals surface area contributed by atoms with Crippen molar-refractivity contribution in [2.75, 3.05) is 32.8 Å². The summed E-state index contributed by atoms with van der Waals surface area (Å²) in [5.41, 5.74) is 7.56. The first-order valence-corrected chi connectivity index (χ1v) is 16.0. The summed E-state index contributed by atoms with van der Waals surface area (Å²) in [6.07, 6.45) is 6.46. The molecule has 7 nitrogen and oxygen atoms in total. The second-order valence-corrected chi connectivity index (χ2v) is 12.4. The Hall–Kier alpha value is -3.94. The number of allylic oxidation sites excluding steroid dienone is 2. The van der Waals surface area contributed by atoms with E-state index in [4.69, 9.17) is 14.2 Å². The molecule has 1 fully saturated rings. The Morgan fingerprint density at radius 1 is 1.14 bits per heavy atom. The van der Waals surface area contributed by atoms with Gasteiger partial charge in [-0.2, -0.15) is 0 Å². The van der Waals surface area contributed by atoms with E-state index in [9.17, 15) is 9.18 Å². The number of nitrogens with zero attached hydrogens (tertiary/aromatic N) is 3. The lowest BCUT2D eigenvalue weighted by Crippen LogP contribution is -2.46. The molecule has 2 aromatic carbocycles. The van der Waals surface area contributed by atoms with E-state index in [1.54, 1.807) is 16.6 Å². The van der Waals surface area contributed by atoms with Gasteiger partial charge in [0, 0.05) is 36.2 Å². The molecular formula is C36H44FN3O4. The smallest absolute Gasteiger partial charge is 0.429 e. The summed E-state index contributed by atoms with van der Waals surface area (Å²) in [5.74, 6) is 1.70. The largest absolute Gasteiger partial charge is 0.493 e. The van der Waals surface area contributed by atoms with Gasteiger partial charge in [-0.15, -0.1) is 0 Å². The third-order valence-electron chi connectivity index (χ3n) is 9.64. The second kappa shape index (κ2) is 12.6. The summed E-state index contributed by atoms with van der Waals surface area (Å²) in [7, 11) is 0. The van der Waals surface area contributed by atoms with Gasteiger partial charge in [-0.1, -0.05) is 19.1 Å². The molecule has 2 unspecified atom stereocenters. The molecule has 2 aromatic rings. The molecule has 1 amide bonds. The van der Waals surface area contributed by atoms with Crippen LogP contribution in [0, 0.1) is 11.7 Å². The van der Waals surface area contributed by atoms with Crippen LogP contribution < -0.4 is 4.74 Å². The van der Waals surface area contributed by atoms with Gasteiger partial charge in [0.1, 0.15) is 17.8 Å². The van der Waals surface area contributed by atoms with Crippen molar-refractivity contribution in [3.63, 3.8) is 0 Å². The van der Waals surface area contributed by atoms with Crippen molar-refractivity contribution in [2.45, 2.75) is 72.8 Å². The Bertz CT molecular complexity index is 1570. The third kappa shape index (κ3) is 5.66. The highest BCUT2D eigenvalue weighted by atomic mass is 19.1. The molecule has 2 atom stereocenters. The van der Waals surface area contributed by atoms with Crippen LogP contribution in [0.2, 0.25) is 0 Å². The van der Waals surface area contributed by atoms with E-state index in [-0.39, 0.29) is 18.0 Å². The van der Waals surface area contributed by atoms with Gasteiger partial charge < -0.3 is 19.1 Å². The zero-order valence-electron chi connectivity index (χ0n) is 26.6. The molecule has 3 aliphatic heterocycles. The molecule has 0 bridgehead atoms. The number of hydrazine groups is 1. The normalized spacial score (nSPS) is 22.8. The number of halogens is 1.